The first kappa shape index (κ1) is 16.3. The van der Waals surface area contributed by atoms with Crippen molar-refractivity contribution in [1.82, 2.24) is 0 Å². The number of rotatable bonds is 4. The third kappa shape index (κ3) is 3.50. The molecule has 2 heterocycles. The van der Waals surface area contributed by atoms with Gasteiger partial charge in [0.1, 0.15) is 17.4 Å². The van der Waals surface area contributed by atoms with Gasteiger partial charge >= 0.3 is 11.6 Å². The molecule has 0 N–H and O–H groups in total. The molecule has 0 saturated heterocycles. The van der Waals surface area contributed by atoms with Gasteiger partial charge in [0.15, 0.2) is 0 Å². The molecule has 5 heteroatoms. The molecule has 0 saturated carbocycles. The van der Waals surface area contributed by atoms with Crippen molar-refractivity contribution in [2.75, 3.05) is 6.61 Å². The van der Waals surface area contributed by atoms with E-state index in [2.05, 4.69) is 0 Å². The Morgan fingerprint density at radius 3 is 2.92 bits per heavy atom. The molecule has 24 heavy (non-hydrogen) atoms. The monoisotopic (exact) mass is 328 g/mol. The van der Waals surface area contributed by atoms with Gasteiger partial charge in [0.25, 0.3) is 0 Å². The number of carbonyl (C=O) groups is 1. The molecule has 1 aliphatic rings. The highest BCUT2D eigenvalue weighted by molar-refractivity contribution is 5.82. The van der Waals surface area contributed by atoms with Gasteiger partial charge in [-0.3, -0.25) is 0 Å². The molecule has 1 aliphatic heterocycles. The molecule has 0 aliphatic carbocycles. The normalized spacial score (nSPS) is 17.0. The lowest BCUT2D eigenvalue weighted by Gasteiger charge is -2.18. The quantitative estimate of drug-likeness (QED) is 0.490. The van der Waals surface area contributed by atoms with Crippen molar-refractivity contribution in [2.45, 2.75) is 33.3 Å². The standard InChI is InChI=1S/C19H20O5/c1-11(2)6-19(21)22-10-12(3)15-8-14-7-13-4-5-18(20)24-16(13)9-17(14)23-15/h4-7,9,12,15H,8,10H2,1-3H3. The summed E-state index contributed by atoms with van der Waals surface area (Å²) in [7, 11) is 0. The van der Waals surface area contributed by atoms with E-state index >= 15 is 0 Å². The molecule has 0 amide bonds. The number of hydrogen-bond donors (Lipinski definition) is 0. The van der Waals surface area contributed by atoms with Gasteiger partial charge in [0, 0.05) is 35.9 Å². The number of esters is 1. The van der Waals surface area contributed by atoms with E-state index in [1.807, 2.05) is 26.8 Å². The van der Waals surface area contributed by atoms with E-state index in [1.165, 1.54) is 12.1 Å². The number of benzene rings is 1. The van der Waals surface area contributed by atoms with Crippen LogP contribution in [0, 0.1) is 5.92 Å². The van der Waals surface area contributed by atoms with Gasteiger partial charge in [0.05, 0.1) is 6.61 Å². The molecule has 0 bridgehead atoms. The lowest BCUT2D eigenvalue weighted by molar-refractivity contribution is -0.139. The van der Waals surface area contributed by atoms with Gasteiger partial charge in [-0.15, -0.1) is 0 Å². The van der Waals surface area contributed by atoms with Gasteiger partial charge in [-0.25, -0.2) is 9.59 Å². The van der Waals surface area contributed by atoms with Crippen LogP contribution >= 0.6 is 0 Å². The average Bonchev–Trinajstić information content (AvgIpc) is 2.92. The highest BCUT2D eigenvalue weighted by atomic mass is 16.5. The number of allylic oxidation sites excluding steroid dienone is 1. The molecule has 2 unspecified atom stereocenters. The van der Waals surface area contributed by atoms with E-state index in [0.717, 1.165) is 28.7 Å². The van der Waals surface area contributed by atoms with E-state index in [0.29, 0.717) is 12.2 Å². The van der Waals surface area contributed by atoms with Crippen LogP contribution < -0.4 is 10.4 Å². The van der Waals surface area contributed by atoms with Gasteiger partial charge in [-0.05, 0) is 31.5 Å². The molecule has 3 rings (SSSR count). The van der Waals surface area contributed by atoms with Gasteiger partial charge in [-0.1, -0.05) is 12.5 Å². The average molecular weight is 328 g/mol. The van der Waals surface area contributed by atoms with Gasteiger partial charge in [-0.2, -0.15) is 0 Å². The molecule has 2 aromatic rings. The number of hydrogen-bond acceptors (Lipinski definition) is 5. The lowest BCUT2D eigenvalue weighted by Crippen LogP contribution is -2.27. The third-order valence-electron chi connectivity index (χ3n) is 4.03. The first-order valence-corrected chi connectivity index (χ1v) is 7.97. The fraction of sp³-hybridized carbons (Fsp3) is 0.368. The fourth-order valence-electron chi connectivity index (χ4n) is 2.75. The largest absolute Gasteiger partial charge is 0.489 e. The smallest absolute Gasteiger partial charge is 0.336 e. The topological polar surface area (TPSA) is 65.7 Å². The fourth-order valence-corrected chi connectivity index (χ4v) is 2.75. The molecule has 1 aromatic heterocycles. The summed E-state index contributed by atoms with van der Waals surface area (Å²) in [6.45, 7) is 6.00. The Bertz CT molecular complexity index is 858. The molecule has 0 radical (unpaired) electrons. The van der Waals surface area contributed by atoms with Crippen LogP contribution in [-0.2, 0) is 16.0 Å². The summed E-state index contributed by atoms with van der Waals surface area (Å²) in [5, 5.41) is 0.875. The molecular formula is C19H20O5. The lowest BCUT2D eigenvalue weighted by atomic mass is 10.00. The first-order chi connectivity index (χ1) is 11.4. The minimum atomic E-state index is -0.378. The van der Waals surface area contributed by atoms with Crippen molar-refractivity contribution in [3.8, 4) is 5.75 Å². The molecule has 5 nitrogen and oxygen atoms in total. The van der Waals surface area contributed by atoms with Crippen molar-refractivity contribution in [3.05, 3.63) is 51.9 Å². The van der Waals surface area contributed by atoms with Crippen molar-refractivity contribution < 1.29 is 18.7 Å². The summed E-state index contributed by atoms with van der Waals surface area (Å²) in [5.74, 6) is 0.455. The second kappa shape index (κ2) is 6.51. The second-order valence-corrected chi connectivity index (χ2v) is 6.44. The van der Waals surface area contributed by atoms with Crippen LogP contribution in [0.3, 0.4) is 0 Å². The van der Waals surface area contributed by atoms with Crippen LogP contribution in [0.2, 0.25) is 0 Å². The third-order valence-corrected chi connectivity index (χ3v) is 4.03. The van der Waals surface area contributed by atoms with Crippen LogP contribution in [0.4, 0.5) is 0 Å². The zero-order chi connectivity index (χ0) is 17.3. The Kier molecular flexibility index (Phi) is 4.42. The summed E-state index contributed by atoms with van der Waals surface area (Å²) in [5.41, 5.74) is 2.12. The number of carbonyl (C=O) groups excluding carboxylic acids is 1. The van der Waals surface area contributed by atoms with Gasteiger partial charge in [0.2, 0.25) is 0 Å². The Labute approximate surface area is 139 Å². The summed E-state index contributed by atoms with van der Waals surface area (Å²) in [6, 6.07) is 6.90. The Hall–Kier alpha value is -2.56. The van der Waals surface area contributed by atoms with Gasteiger partial charge < -0.3 is 13.9 Å². The molecule has 2 atom stereocenters. The zero-order valence-electron chi connectivity index (χ0n) is 14.0. The maximum absolute atomic E-state index is 11.6. The number of ether oxygens (including phenoxy) is 2. The van der Waals surface area contributed by atoms with Crippen LogP contribution in [0.1, 0.15) is 26.3 Å². The van der Waals surface area contributed by atoms with E-state index in [-0.39, 0.29) is 23.6 Å². The first-order valence-electron chi connectivity index (χ1n) is 7.97. The summed E-state index contributed by atoms with van der Waals surface area (Å²) >= 11 is 0. The Balaban J connectivity index is 1.69. The van der Waals surface area contributed by atoms with Crippen molar-refractivity contribution in [2.24, 2.45) is 5.92 Å². The SMILES string of the molecule is CC(C)=CC(=O)OCC(C)C1Cc2cc3ccc(=O)oc3cc2O1. The molecule has 0 spiro atoms. The Morgan fingerprint density at radius 1 is 1.38 bits per heavy atom. The van der Waals surface area contributed by atoms with Crippen molar-refractivity contribution in [3.63, 3.8) is 0 Å². The highest BCUT2D eigenvalue weighted by Crippen LogP contribution is 2.35. The second-order valence-electron chi connectivity index (χ2n) is 6.44. The summed E-state index contributed by atoms with van der Waals surface area (Å²) in [6.07, 6.45) is 2.15. The molecule has 1 aromatic carbocycles. The van der Waals surface area contributed by atoms with Crippen LogP contribution in [0.5, 0.6) is 5.75 Å². The number of fused-ring (bicyclic) bond motifs is 2. The van der Waals surface area contributed by atoms with Crippen LogP contribution in [0.15, 0.2) is 45.1 Å². The van der Waals surface area contributed by atoms with Crippen LogP contribution in [0.25, 0.3) is 11.0 Å². The predicted molar refractivity (Wildman–Crippen MR) is 90.2 cm³/mol. The van der Waals surface area contributed by atoms with Crippen molar-refractivity contribution >= 4 is 16.9 Å². The molecular weight excluding hydrogens is 308 g/mol. The highest BCUT2D eigenvalue weighted by Gasteiger charge is 2.29. The molecule has 126 valence electrons. The maximum atomic E-state index is 11.6. The minimum Gasteiger partial charge on any atom is -0.489 e. The summed E-state index contributed by atoms with van der Waals surface area (Å²) in [4.78, 5) is 22.9. The van der Waals surface area contributed by atoms with E-state index in [1.54, 1.807) is 12.1 Å². The van der Waals surface area contributed by atoms with Crippen LogP contribution in [-0.4, -0.2) is 18.7 Å². The minimum absolute atomic E-state index is 0.0574. The molecule has 0 fully saturated rings. The zero-order valence-corrected chi connectivity index (χ0v) is 14.0. The van der Waals surface area contributed by atoms with E-state index < -0.39 is 0 Å². The predicted octanol–water partition coefficient (Wildman–Crippen LogP) is 3.24. The van der Waals surface area contributed by atoms with E-state index in [9.17, 15) is 9.59 Å². The van der Waals surface area contributed by atoms with E-state index in [4.69, 9.17) is 13.9 Å². The Morgan fingerprint density at radius 2 is 2.17 bits per heavy atom. The summed E-state index contributed by atoms with van der Waals surface area (Å²) < 4.78 is 16.4. The van der Waals surface area contributed by atoms with Crippen molar-refractivity contribution in [1.29, 1.82) is 0 Å². The maximum Gasteiger partial charge on any atom is 0.336 e.